The number of hydrogen-bond donors (Lipinski definition) is 1. The summed E-state index contributed by atoms with van der Waals surface area (Å²) in [5.74, 6) is 0.610. The summed E-state index contributed by atoms with van der Waals surface area (Å²) in [5, 5.41) is 6.82. The van der Waals surface area contributed by atoms with Crippen molar-refractivity contribution in [3.63, 3.8) is 0 Å². The van der Waals surface area contributed by atoms with Crippen LogP contribution in [0.3, 0.4) is 0 Å². The molecule has 0 aliphatic carbocycles. The average molecular weight is 216 g/mol. The Balaban J connectivity index is 2.56. The van der Waals surface area contributed by atoms with Gasteiger partial charge in [-0.05, 0) is 6.92 Å². The van der Waals surface area contributed by atoms with Crippen molar-refractivity contribution in [3.8, 4) is 0 Å². The Hall–Kier alpha value is -1.03. The van der Waals surface area contributed by atoms with Gasteiger partial charge >= 0.3 is 0 Å². The van der Waals surface area contributed by atoms with Gasteiger partial charge in [-0.3, -0.25) is 9.48 Å². The van der Waals surface area contributed by atoms with Crippen LogP contribution in [0.2, 0.25) is 0 Å². The minimum absolute atomic E-state index is 0.0960. The third kappa shape index (κ3) is 2.73. The molecule has 0 saturated heterocycles. The zero-order chi connectivity index (χ0) is 10.6. The van der Waals surface area contributed by atoms with E-state index in [0.717, 1.165) is 6.54 Å². The molecule has 0 radical (unpaired) electrons. The number of nitrogens with one attached hydrogen (secondary N) is 1. The molecule has 0 fully saturated rings. The summed E-state index contributed by atoms with van der Waals surface area (Å²) in [7, 11) is 0. The highest BCUT2D eigenvalue weighted by Gasteiger charge is 2.12. The lowest BCUT2D eigenvalue weighted by Crippen LogP contribution is -2.21. The lowest BCUT2D eigenvalue weighted by Gasteiger charge is -2.06. The van der Waals surface area contributed by atoms with Gasteiger partial charge in [-0.15, -0.1) is 11.6 Å². The predicted octanol–water partition coefficient (Wildman–Crippen LogP) is 1.72. The first-order valence-corrected chi connectivity index (χ1v) is 5.11. The number of hydrogen-bond acceptors (Lipinski definition) is 2. The highest BCUT2D eigenvalue weighted by atomic mass is 35.5. The molecule has 4 nitrogen and oxygen atoms in total. The predicted molar refractivity (Wildman–Crippen MR) is 56.4 cm³/mol. The molecular formula is C9H14ClN3O. The molecule has 0 aliphatic rings. The first-order valence-electron chi connectivity index (χ1n) is 4.57. The molecule has 1 unspecified atom stereocenters. The number of aromatic nitrogens is 2. The molecule has 0 aliphatic heterocycles. The zero-order valence-electron chi connectivity index (χ0n) is 8.33. The fourth-order valence-electron chi connectivity index (χ4n) is 0.924. The smallest absolute Gasteiger partial charge is 0.229 e. The second kappa shape index (κ2) is 5.00. The number of carbonyl (C=O) groups excluding carboxylic acids is 1. The Morgan fingerprint density at radius 1 is 1.79 bits per heavy atom. The standard InChI is InChI=1S/C9H14ClN3O/c1-3-13-5-4-8(12-13)11-9(14)7(2)6-10/h4-5,7H,3,6H2,1-2H3,(H,11,12,14). The molecule has 1 aromatic heterocycles. The van der Waals surface area contributed by atoms with Crippen LogP contribution in [0.1, 0.15) is 13.8 Å². The molecule has 1 N–H and O–H groups in total. The highest BCUT2D eigenvalue weighted by Crippen LogP contribution is 2.06. The topological polar surface area (TPSA) is 46.9 Å². The summed E-state index contributed by atoms with van der Waals surface area (Å²) in [4.78, 5) is 11.4. The molecule has 0 spiro atoms. The minimum atomic E-state index is -0.191. The lowest BCUT2D eigenvalue weighted by molar-refractivity contribution is -0.118. The number of halogens is 1. The van der Waals surface area contributed by atoms with Gasteiger partial charge in [0.15, 0.2) is 5.82 Å². The van der Waals surface area contributed by atoms with Gasteiger partial charge in [0.1, 0.15) is 0 Å². The van der Waals surface area contributed by atoms with Crippen molar-refractivity contribution in [2.45, 2.75) is 20.4 Å². The maximum Gasteiger partial charge on any atom is 0.229 e. The van der Waals surface area contributed by atoms with Crippen LogP contribution in [0.25, 0.3) is 0 Å². The normalized spacial score (nSPS) is 12.5. The maximum atomic E-state index is 11.4. The Labute approximate surface area is 88.2 Å². The van der Waals surface area contributed by atoms with Gasteiger partial charge in [0, 0.05) is 30.6 Å². The maximum absolute atomic E-state index is 11.4. The van der Waals surface area contributed by atoms with Crippen LogP contribution in [-0.4, -0.2) is 21.6 Å². The highest BCUT2D eigenvalue weighted by molar-refractivity contribution is 6.19. The van der Waals surface area contributed by atoms with Gasteiger partial charge in [0.25, 0.3) is 0 Å². The molecule has 14 heavy (non-hydrogen) atoms. The molecule has 1 amide bonds. The van der Waals surface area contributed by atoms with Crippen LogP contribution in [0.4, 0.5) is 5.82 Å². The molecule has 1 aromatic rings. The van der Waals surface area contributed by atoms with E-state index in [4.69, 9.17) is 11.6 Å². The third-order valence-corrected chi connectivity index (χ3v) is 2.36. The third-order valence-electron chi connectivity index (χ3n) is 1.89. The van der Waals surface area contributed by atoms with E-state index in [9.17, 15) is 4.79 Å². The van der Waals surface area contributed by atoms with E-state index in [1.807, 2.05) is 13.1 Å². The van der Waals surface area contributed by atoms with E-state index in [0.29, 0.717) is 11.7 Å². The lowest BCUT2D eigenvalue weighted by atomic mass is 10.2. The number of alkyl halides is 1. The van der Waals surface area contributed by atoms with E-state index in [-0.39, 0.29) is 11.8 Å². The van der Waals surface area contributed by atoms with Crippen LogP contribution in [0.5, 0.6) is 0 Å². The second-order valence-electron chi connectivity index (χ2n) is 3.10. The number of anilines is 1. The SMILES string of the molecule is CCn1ccc(NC(=O)C(C)CCl)n1. The van der Waals surface area contributed by atoms with E-state index < -0.39 is 0 Å². The van der Waals surface area contributed by atoms with Crippen LogP contribution in [0.15, 0.2) is 12.3 Å². The molecule has 0 saturated carbocycles. The quantitative estimate of drug-likeness (QED) is 0.778. The summed E-state index contributed by atoms with van der Waals surface area (Å²) >= 11 is 5.56. The van der Waals surface area contributed by atoms with Gasteiger partial charge in [0.2, 0.25) is 5.91 Å². The fourth-order valence-corrected chi connectivity index (χ4v) is 1.06. The first kappa shape index (κ1) is 11.0. The summed E-state index contributed by atoms with van der Waals surface area (Å²) in [6.07, 6.45) is 1.82. The molecule has 5 heteroatoms. The Morgan fingerprint density at radius 3 is 3.00 bits per heavy atom. The van der Waals surface area contributed by atoms with Gasteiger partial charge in [0.05, 0.1) is 0 Å². The average Bonchev–Trinajstić information content (AvgIpc) is 2.64. The number of rotatable bonds is 4. The summed E-state index contributed by atoms with van der Waals surface area (Å²) in [5.41, 5.74) is 0. The Morgan fingerprint density at radius 2 is 2.50 bits per heavy atom. The van der Waals surface area contributed by atoms with Crippen LogP contribution in [-0.2, 0) is 11.3 Å². The molecule has 0 bridgehead atoms. The van der Waals surface area contributed by atoms with Gasteiger partial charge in [-0.2, -0.15) is 5.10 Å². The van der Waals surface area contributed by atoms with Crippen LogP contribution in [0, 0.1) is 5.92 Å². The van der Waals surface area contributed by atoms with Crippen molar-refractivity contribution < 1.29 is 4.79 Å². The van der Waals surface area contributed by atoms with Crippen molar-refractivity contribution in [1.82, 2.24) is 9.78 Å². The first-order chi connectivity index (χ1) is 6.67. The monoisotopic (exact) mass is 215 g/mol. The molecule has 1 heterocycles. The minimum Gasteiger partial charge on any atom is -0.309 e. The van der Waals surface area contributed by atoms with Crippen molar-refractivity contribution >= 4 is 23.3 Å². The molecule has 78 valence electrons. The summed E-state index contributed by atoms with van der Waals surface area (Å²) < 4.78 is 1.75. The van der Waals surface area contributed by atoms with E-state index in [2.05, 4.69) is 10.4 Å². The Kier molecular flexibility index (Phi) is 3.95. The van der Waals surface area contributed by atoms with Crippen molar-refractivity contribution in [1.29, 1.82) is 0 Å². The number of amides is 1. The molecule has 0 aromatic carbocycles. The van der Waals surface area contributed by atoms with Crippen molar-refractivity contribution in [2.24, 2.45) is 5.92 Å². The van der Waals surface area contributed by atoms with Gasteiger partial charge in [-0.1, -0.05) is 6.92 Å². The van der Waals surface area contributed by atoms with E-state index in [1.54, 1.807) is 17.7 Å². The zero-order valence-corrected chi connectivity index (χ0v) is 9.08. The van der Waals surface area contributed by atoms with Crippen LogP contribution >= 0.6 is 11.6 Å². The largest absolute Gasteiger partial charge is 0.309 e. The van der Waals surface area contributed by atoms with Crippen molar-refractivity contribution in [3.05, 3.63) is 12.3 Å². The number of aryl methyl sites for hydroxylation is 1. The van der Waals surface area contributed by atoms with Crippen LogP contribution < -0.4 is 5.32 Å². The van der Waals surface area contributed by atoms with E-state index >= 15 is 0 Å². The van der Waals surface area contributed by atoms with Gasteiger partial charge in [-0.25, -0.2) is 0 Å². The fraction of sp³-hybridized carbons (Fsp3) is 0.556. The van der Waals surface area contributed by atoms with Crippen molar-refractivity contribution in [2.75, 3.05) is 11.2 Å². The molecule has 1 atom stereocenters. The number of nitrogens with zero attached hydrogens (tertiary/aromatic N) is 2. The van der Waals surface area contributed by atoms with E-state index in [1.165, 1.54) is 0 Å². The summed E-state index contributed by atoms with van der Waals surface area (Å²) in [6.45, 7) is 4.56. The molecular weight excluding hydrogens is 202 g/mol. The number of carbonyl (C=O) groups is 1. The van der Waals surface area contributed by atoms with Gasteiger partial charge < -0.3 is 5.32 Å². The molecule has 1 rings (SSSR count). The summed E-state index contributed by atoms with van der Waals surface area (Å²) in [6, 6.07) is 1.77. The second-order valence-corrected chi connectivity index (χ2v) is 3.41. The Bertz CT molecular complexity index is 311.